The summed E-state index contributed by atoms with van der Waals surface area (Å²) in [7, 11) is -12.4. The van der Waals surface area contributed by atoms with Crippen LogP contribution in [-0.4, -0.2) is 135 Å². The summed E-state index contributed by atoms with van der Waals surface area (Å²) in [6.07, 6.45) is -0.823. The van der Waals surface area contributed by atoms with Crippen molar-refractivity contribution >= 4 is 22.8 Å². The molecule has 7 N–H and O–H groups in total. The highest BCUT2D eigenvalue weighted by Crippen LogP contribution is 2.35. The van der Waals surface area contributed by atoms with Gasteiger partial charge >= 0.3 is 22.8 Å². The summed E-state index contributed by atoms with van der Waals surface area (Å²) < 4.78 is 33.7. The molecule has 180 valence electrons. The fraction of sp³-hybridized carbons (Fsp3) is 1.00. The van der Waals surface area contributed by atoms with E-state index < -0.39 is 22.8 Å². The van der Waals surface area contributed by atoms with Crippen LogP contribution in [0.25, 0.3) is 0 Å². The Bertz CT molecular complexity index is 598. The molecule has 1 aliphatic rings. The van der Waals surface area contributed by atoms with Crippen molar-refractivity contribution < 1.29 is 43.1 Å². The number of hydrogen-bond donors (Lipinski definition) is 7. The van der Waals surface area contributed by atoms with Crippen molar-refractivity contribution in [1.29, 1.82) is 0 Å². The van der Waals surface area contributed by atoms with E-state index in [0.717, 1.165) is 0 Å². The zero-order valence-corrected chi connectivity index (χ0v) is 19.7. The number of rotatable bonds is 9. The van der Waals surface area contributed by atoms with E-state index in [1.807, 2.05) is 14.7 Å². The molecule has 0 aromatic rings. The third-order valence-electron chi connectivity index (χ3n) is 4.80. The zero-order valence-electron chi connectivity index (χ0n) is 17.0. The van der Waals surface area contributed by atoms with Crippen LogP contribution in [-0.2, 0) is 13.7 Å². The summed E-state index contributed by atoms with van der Waals surface area (Å²) in [5, 5.41) is 3.23. The van der Waals surface area contributed by atoms with Crippen molar-refractivity contribution in [1.82, 2.24) is 20.0 Å². The summed E-state index contributed by atoms with van der Waals surface area (Å²) in [5.74, 6) is 0. The van der Waals surface area contributed by atoms with Crippen molar-refractivity contribution in [2.24, 2.45) is 0 Å². The van der Waals surface area contributed by atoms with Gasteiger partial charge in [-0.15, -0.1) is 0 Å². The lowest BCUT2D eigenvalue weighted by Gasteiger charge is -2.31. The molecule has 0 aromatic carbocycles. The molecule has 13 nitrogen and oxygen atoms in total. The summed E-state index contributed by atoms with van der Waals surface area (Å²) in [6, 6.07) is 0. The monoisotopic (exact) mass is 496 g/mol. The number of nitrogens with zero attached hydrogens (tertiary/aromatic N) is 3. The Kier molecular flexibility index (Phi) is 12.4. The van der Waals surface area contributed by atoms with Crippen molar-refractivity contribution in [3.63, 3.8) is 0 Å². The molecule has 1 saturated heterocycles. The molecule has 0 saturated carbocycles. The largest absolute Gasteiger partial charge is 0.326 e. The first-order chi connectivity index (χ1) is 13.7. The Labute approximate surface area is 176 Å². The van der Waals surface area contributed by atoms with Crippen molar-refractivity contribution in [2.75, 3.05) is 90.5 Å². The van der Waals surface area contributed by atoms with Crippen LogP contribution in [0.5, 0.6) is 0 Å². The topological polar surface area (TPSA) is 194 Å². The first-order valence-corrected chi connectivity index (χ1v) is 15.1. The van der Waals surface area contributed by atoms with E-state index in [1.54, 1.807) is 0 Å². The Morgan fingerprint density at radius 1 is 0.533 bits per heavy atom. The molecule has 30 heavy (non-hydrogen) atoms. The van der Waals surface area contributed by atoms with Gasteiger partial charge in [-0.25, -0.2) is 0 Å². The van der Waals surface area contributed by atoms with Crippen molar-refractivity contribution in [3.05, 3.63) is 0 Å². The van der Waals surface area contributed by atoms with Gasteiger partial charge in [-0.3, -0.25) is 13.7 Å². The smallest absolute Gasteiger partial charge is 0.324 e. The second-order valence-electron chi connectivity index (χ2n) is 7.44. The molecular weight excluding hydrogens is 461 g/mol. The van der Waals surface area contributed by atoms with Gasteiger partial charge in [-0.2, -0.15) is 0 Å². The van der Waals surface area contributed by atoms with Gasteiger partial charge in [0.1, 0.15) is 0 Å². The highest BCUT2D eigenvalue weighted by Gasteiger charge is 2.21. The Morgan fingerprint density at radius 3 is 1.07 bits per heavy atom. The average Bonchev–Trinajstić information content (AvgIpc) is 2.57. The van der Waals surface area contributed by atoms with E-state index in [1.165, 1.54) is 0 Å². The minimum atomic E-state index is -4.18. The van der Waals surface area contributed by atoms with Gasteiger partial charge in [0.05, 0.1) is 18.5 Å². The van der Waals surface area contributed by atoms with Crippen molar-refractivity contribution in [3.8, 4) is 0 Å². The van der Waals surface area contributed by atoms with Crippen LogP contribution in [0.15, 0.2) is 0 Å². The highest BCUT2D eigenvalue weighted by molar-refractivity contribution is 7.52. The zero-order chi connectivity index (χ0) is 22.8. The normalized spacial score (nSPS) is 20.6. The van der Waals surface area contributed by atoms with Crippen LogP contribution in [0.2, 0.25) is 0 Å². The SMILES string of the molecule is O=P(O)(O)CCN1CCNCCN(CCP(=O)(O)O)CCN(CCP(=O)(O)O)CC1. The molecule has 0 radical (unpaired) electrons. The summed E-state index contributed by atoms with van der Waals surface area (Å²) >= 11 is 0. The lowest BCUT2D eigenvalue weighted by molar-refractivity contribution is 0.176. The van der Waals surface area contributed by atoms with E-state index in [4.69, 9.17) is 19.6 Å². The summed E-state index contributed by atoms with van der Waals surface area (Å²) in [4.78, 5) is 60.6. The lowest BCUT2D eigenvalue weighted by atomic mass is 10.3. The Hall–Kier alpha value is 0.290. The second kappa shape index (κ2) is 13.1. The van der Waals surface area contributed by atoms with E-state index in [9.17, 15) is 23.5 Å². The fourth-order valence-corrected chi connectivity index (χ4v) is 4.62. The van der Waals surface area contributed by atoms with Crippen LogP contribution < -0.4 is 5.32 Å². The maximum atomic E-state index is 11.3. The van der Waals surface area contributed by atoms with Gasteiger partial charge in [-0.1, -0.05) is 0 Å². The molecule has 0 aliphatic carbocycles. The maximum Gasteiger partial charge on any atom is 0.326 e. The van der Waals surface area contributed by atoms with Crippen LogP contribution in [0.4, 0.5) is 0 Å². The van der Waals surface area contributed by atoms with Crippen LogP contribution >= 0.6 is 22.8 Å². The van der Waals surface area contributed by atoms with E-state index in [-0.39, 0.29) is 38.1 Å². The molecule has 16 heteroatoms. The molecule has 0 spiro atoms. The lowest BCUT2D eigenvalue weighted by Crippen LogP contribution is -2.46. The number of hydrogen-bond acceptors (Lipinski definition) is 7. The molecule has 0 bridgehead atoms. The van der Waals surface area contributed by atoms with Crippen LogP contribution in [0.3, 0.4) is 0 Å². The van der Waals surface area contributed by atoms with Gasteiger partial charge in [0.25, 0.3) is 0 Å². The summed E-state index contributed by atoms with van der Waals surface area (Å²) in [5.41, 5.74) is 0. The minimum absolute atomic E-state index is 0.154. The fourth-order valence-electron chi connectivity index (χ4n) is 2.99. The third kappa shape index (κ3) is 16.0. The highest BCUT2D eigenvalue weighted by atomic mass is 31.2. The van der Waals surface area contributed by atoms with Gasteiger partial charge < -0.3 is 49.4 Å². The molecule has 0 aromatic heterocycles. The predicted molar refractivity (Wildman–Crippen MR) is 113 cm³/mol. The molecule has 0 amide bonds. The van der Waals surface area contributed by atoms with Gasteiger partial charge in [0.2, 0.25) is 0 Å². The quantitative estimate of drug-likeness (QED) is 0.174. The third-order valence-corrected chi connectivity index (χ3v) is 7.14. The standard InChI is InChI=1S/C14H35N4O9P3/c19-28(20,21)12-9-16-3-1-15-2-4-17(10-13-29(22,23)24)6-8-18(7-5-16)11-14-30(25,26)27/h15H,1-14H2,(H2,19,20,21)(H2,22,23,24)(H2,25,26,27). The second-order valence-corrected chi connectivity index (χ2v) is 12.8. The van der Waals surface area contributed by atoms with Crippen LogP contribution in [0.1, 0.15) is 0 Å². The Morgan fingerprint density at radius 2 is 0.800 bits per heavy atom. The van der Waals surface area contributed by atoms with Gasteiger partial charge in [0.15, 0.2) is 0 Å². The molecule has 1 aliphatic heterocycles. The average molecular weight is 496 g/mol. The maximum absolute atomic E-state index is 11.3. The molecule has 1 fully saturated rings. The van der Waals surface area contributed by atoms with Gasteiger partial charge in [0, 0.05) is 72.0 Å². The molecule has 0 unspecified atom stereocenters. The first-order valence-electron chi connectivity index (χ1n) is 9.75. The summed E-state index contributed by atoms with van der Waals surface area (Å²) in [6.45, 7) is 4.70. The van der Waals surface area contributed by atoms with E-state index >= 15 is 0 Å². The minimum Gasteiger partial charge on any atom is -0.324 e. The number of nitrogens with one attached hydrogen (secondary N) is 1. The molecular formula is C14H35N4O9P3. The van der Waals surface area contributed by atoms with Crippen molar-refractivity contribution in [2.45, 2.75) is 0 Å². The van der Waals surface area contributed by atoms with Gasteiger partial charge in [-0.05, 0) is 0 Å². The molecule has 1 rings (SSSR count). The van der Waals surface area contributed by atoms with E-state index in [2.05, 4.69) is 5.32 Å². The van der Waals surface area contributed by atoms with E-state index in [0.29, 0.717) is 52.4 Å². The first kappa shape index (κ1) is 28.3. The Balaban J connectivity index is 2.75. The predicted octanol–water partition coefficient (Wildman–Crippen LogP) is -1.97. The van der Waals surface area contributed by atoms with Crippen LogP contribution in [0, 0.1) is 0 Å². The molecule has 0 atom stereocenters. The molecule has 1 heterocycles.